The maximum Gasteiger partial charge on any atom is 0.416 e. The minimum atomic E-state index is -4.75. The van der Waals surface area contributed by atoms with Crippen LogP contribution in [0.2, 0.25) is 0 Å². The summed E-state index contributed by atoms with van der Waals surface area (Å²) in [6.07, 6.45) is -3.19. The van der Waals surface area contributed by atoms with E-state index in [-0.39, 0.29) is 24.6 Å². The molecule has 1 fully saturated rings. The minimum absolute atomic E-state index is 0.0470. The van der Waals surface area contributed by atoms with E-state index in [0.29, 0.717) is 5.57 Å². The summed E-state index contributed by atoms with van der Waals surface area (Å²) in [7, 11) is 0. The Morgan fingerprint density at radius 3 is 2.40 bits per heavy atom. The number of carbonyl (C=O) groups excluding carboxylic acids is 1. The van der Waals surface area contributed by atoms with E-state index in [4.69, 9.17) is 5.41 Å². The summed E-state index contributed by atoms with van der Waals surface area (Å²) in [5.74, 6) is -3.78. The Labute approximate surface area is 170 Å². The molecule has 3 atom stereocenters. The van der Waals surface area contributed by atoms with Crippen LogP contribution < -0.4 is 0 Å². The zero-order valence-corrected chi connectivity index (χ0v) is 15.9. The molecule has 0 spiro atoms. The van der Waals surface area contributed by atoms with E-state index in [1.165, 1.54) is 30.0 Å². The second-order valence-electron chi connectivity index (χ2n) is 7.30. The number of benzene rings is 1. The molecule has 9 heteroatoms. The second kappa shape index (κ2) is 7.31. The van der Waals surface area contributed by atoms with Crippen LogP contribution in [0.5, 0.6) is 0 Å². The van der Waals surface area contributed by atoms with Crippen molar-refractivity contribution >= 4 is 11.6 Å². The summed E-state index contributed by atoms with van der Waals surface area (Å²) in [5, 5.41) is 37.9. The number of hydrogen-bond acceptors (Lipinski definition) is 5. The smallest absolute Gasteiger partial charge is 0.339 e. The largest absolute Gasteiger partial charge is 0.416 e. The fourth-order valence-electron chi connectivity index (χ4n) is 4.43. The van der Waals surface area contributed by atoms with Gasteiger partial charge in [0, 0.05) is 31.8 Å². The molecule has 0 aromatic heterocycles. The molecule has 30 heavy (non-hydrogen) atoms. The van der Waals surface area contributed by atoms with E-state index in [9.17, 15) is 33.8 Å². The van der Waals surface area contributed by atoms with E-state index in [2.05, 4.69) is 0 Å². The minimum Gasteiger partial charge on any atom is -0.339 e. The number of rotatable bonds is 1. The molecule has 0 saturated heterocycles. The average Bonchev–Trinajstić information content (AvgIpc) is 2.72. The third-order valence-electron chi connectivity index (χ3n) is 5.84. The number of halogens is 3. The van der Waals surface area contributed by atoms with Crippen molar-refractivity contribution in [3.8, 4) is 18.2 Å². The Morgan fingerprint density at radius 2 is 1.87 bits per heavy atom. The van der Waals surface area contributed by atoms with Gasteiger partial charge in [-0.05, 0) is 17.2 Å². The van der Waals surface area contributed by atoms with Gasteiger partial charge in [0.2, 0.25) is 5.91 Å². The number of nitriles is 3. The number of carbonyl (C=O) groups is 1. The van der Waals surface area contributed by atoms with Crippen LogP contribution in [-0.4, -0.2) is 29.6 Å². The van der Waals surface area contributed by atoms with Gasteiger partial charge in [0.15, 0.2) is 5.41 Å². The highest BCUT2D eigenvalue weighted by molar-refractivity contribution is 6.01. The lowest BCUT2D eigenvalue weighted by Crippen LogP contribution is -2.53. The zero-order chi connectivity index (χ0) is 22.3. The molecule has 1 saturated carbocycles. The third kappa shape index (κ3) is 3.02. The SMILES string of the molecule is CC(=O)N1CC=C2C(C#N)C(=N)C(C#N)(C#N)[C@H](c3ccccc3C(F)(F)F)[C@H]2C1. The Morgan fingerprint density at radius 1 is 1.23 bits per heavy atom. The Balaban J connectivity index is 2.34. The van der Waals surface area contributed by atoms with Crippen LogP contribution >= 0.6 is 0 Å². The topological polar surface area (TPSA) is 116 Å². The maximum absolute atomic E-state index is 13.8. The van der Waals surface area contributed by atoms with Gasteiger partial charge in [0.05, 0.1) is 29.5 Å². The molecule has 0 bridgehead atoms. The van der Waals surface area contributed by atoms with Crippen molar-refractivity contribution in [1.82, 2.24) is 4.90 Å². The summed E-state index contributed by atoms with van der Waals surface area (Å²) < 4.78 is 41.3. The van der Waals surface area contributed by atoms with Gasteiger partial charge in [-0.2, -0.15) is 29.0 Å². The molecule has 1 aromatic rings. The van der Waals surface area contributed by atoms with Crippen LogP contribution in [0.25, 0.3) is 0 Å². The van der Waals surface area contributed by atoms with Gasteiger partial charge in [-0.3, -0.25) is 4.79 Å². The van der Waals surface area contributed by atoms with E-state index in [0.717, 1.165) is 6.07 Å². The number of nitrogens with zero attached hydrogens (tertiary/aromatic N) is 4. The lowest BCUT2D eigenvalue weighted by molar-refractivity contribution is -0.139. The maximum atomic E-state index is 13.8. The fourth-order valence-corrected chi connectivity index (χ4v) is 4.43. The molecule has 1 amide bonds. The second-order valence-corrected chi connectivity index (χ2v) is 7.30. The third-order valence-corrected chi connectivity index (χ3v) is 5.84. The van der Waals surface area contributed by atoms with Crippen molar-refractivity contribution in [3.63, 3.8) is 0 Å². The standard InChI is InChI=1S/C21H16F3N5O/c1-12(30)29-7-6-13-15(8-25)19(28)20(10-26,11-27)18(16(13)9-29)14-4-2-3-5-17(14)21(22,23)24/h2-6,15-16,18,28H,7,9H2,1H3/t15?,16-,18+/m0/s1. The van der Waals surface area contributed by atoms with Gasteiger partial charge in [-0.25, -0.2) is 0 Å². The first-order valence-electron chi connectivity index (χ1n) is 9.05. The predicted molar refractivity (Wildman–Crippen MR) is 98.5 cm³/mol. The van der Waals surface area contributed by atoms with Gasteiger partial charge >= 0.3 is 6.18 Å². The number of nitrogens with one attached hydrogen (secondary N) is 1. The van der Waals surface area contributed by atoms with Crippen LogP contribution in [-0.2, 0) is 11.0 Å². The van der Waals surface area contributed by atoms with Crippen molar-refractivity contribution in [2.75, 3.05) is 13.1 Å². The molecule has 152 valence electrons. The molecular weight excluding hydrogens is 395 g/mol. The van der Waals surface area contributed by atoms with Gasteiger partial charge in [-0.1, -0.05) is 24.3 Å². The van der Waals surface area contributed by atoms with Crippen LogP contribution in [0, 0.1) is 56.7 Å². The van der Waals surface area contributed by atoms with Crippen molar-refractivity contribution in [2.24, 2.45) is 17.3 Å². The van der Waals surface area contributed by atoms with Gasteiger partial charge in [0.25, 0.3) is 0 Å². The Kier molecular flexibility index (Phi) is 5.14. The molecule has 1 heterocycles. The van der Waals surface area contributed by atoms with Gasteiger partial charge in [0.1, 0.15) is 5.92 Å². The highest BCUT2D eigenvalue weighted by atomic mass is 19.4. The molecule has 1 unspecified atom stereocenters. The normalized spacial score (nSPS) is 25.2. The van der Waals surface area contributed by atoms with Crippen molar-refractivity contribution in [2.45, 2.75) is 19.0 Å². The molecule has 2 aliphatic rings. The highest BCUT2D eigenvalue weighted by Crippen LogP contribution is 2.55. The summed E-state index contributed by atoms with van der Waals surface area (Å²) in [4.78, 5) is 13.3. The van der Waals surface area contributed by atoms with Crippen LogP contribution in [0.4, 0.5) is 13.2 Å². The summed E-state index contributed by atoms with van der Waals surface area (Å²) in [5.41, 5.74) is -3.73. The lowest BCUT2D eigenvalue weighted by atomic mass is 9.54. The zero-order valence-electron chi connectivity index (χ0n) is 15.9. The van der Waals surface area contributed by atoms with Crippen LogP contribution in [0.1, 0.15) is 24.0 Å². The molecule has 3 rings (SSSR count). The van der Waals surface area contributed by atoms with Crippen molar-refractivity contribution in [1.29, 1.82) is 21.2 Å². The first kappa shape index (κ1) is 21.1. The van der Waals surface area contributed by atoms with E-state index in [1.807, 2.05) is 6.07 Å². The Bertz CT molecular complexity index is 1060. The number of alkyl halides is 3. The Hall–Kier alpha value is -3.64. The van der Waals surface area contributed by atoms with Crippen molar-refractivity contribution < 1.29 is 18.0 Å². The number of fused-ring (bicyclic) bond motifs is 1. The van der Waals surface area contributed by atoms with Crippen LogP contribution in [0.15, 0.2) is 35.9 Å². The fraction of sp³-hybridized carbons (Fsp3) is 0.381. The van der Waals surface area contributed by atoms with Gasteiger partial charge in [-0.15, -0.1) is 0 Å². The first-order valence-corrected chi connectivity index (χ1v) is 9.05. The van der Waals surface area contributed by atoms with E-state index in [1.54, 1.807) is 18.2 Å². The highest BCUT2D eigenvalue weighted by Gasteiger charge is 2.59. The van der Waals surface area contributed by atoms with Crippen molar-refractivity contribution in [3.05, 3.63) is 47.0 Å². The monoisotopic (exact) mass is 411 g/mol. The quantitative estimate of drug-likeness (QED) is 0.713. The summed E-state index contributed by atoms with van der Waals surface area (Å²) in [6, 6.07) is 10.1. The molecule has 1 aliphatic carbocycles. The number of hydrogen-bond donors (Lipinski definition) is 1. The van der Waals surface area contributed by atoms with E-state index >= 15 is 0 Å². The van der Waals surface area contributed by atoms with Gasteiger partial charge < -0.3 is 10.3 Å². The summed E-state index contributed by atoms with van der Waals surface area (Å²) >= 11 is 0. The number of amides is 1. The molecule has 1 aliphatic heterocycles. The molecular formula is C21H16F3N5O. The molecule has 1 aromatic carbocycles. The lowest BCUT2D eigenvalue weighted by Gasteiger charge is -2.48. The van der Waals surface area contributed by atoms with Crippen LogP contribution in [0.3, 0.4) is 0 Å². The average molecular weight is 411 g/mol. The molecule has 6 nitrogen and oxygen atoms in total. The molecule has 0 radical (unpaired) electrons. The molecule has 1 N–H and O–H groups in total. The summed E-state index contributed by atoms with van der Waals surface area (Å²) in [6.45, 7) is 1.41. The predicted octanol–water partition coefficient (Wildman–Crippen LogP) is 3.40. The van der Waals surface area contributed by atoms with E-state index < -0.39 is 40.6 Å². The first-order chi connectivity index (χ1) is 14.1.